The number of hydrogen-bond acceptors (Lipinski definition) is 8. The molecule has 3 fully saturated rings. The van der Waals surface area contributed by atoms with E-state index in [4.69, 9.17) is 4.74 Å². The van der Waals surface area contributed by atoms with Crippen molar-refractivity contribution in [1.82, 2.24) is 0 Å². The molecule has 0 aromatic heterocycles. The lowest BCUT2D eigenvalue weighted by atomic mass is 9.45. The van der Waals surface area contributed by atoms with Gasteiger partial charge in [-0.3, -0.25) is 14.4 Å². The van der Waals surface area contributed by atoms with Crippen LogP contribution in [0.15, 0.2) is 11.6 Å². The Labute approximate surface area is 193 Å². The zero-order chi connectivity index (χ0) is 24.2. The molecule has 0 radical (unpaired) electrons. The van der Waals surface area contributed by atoms with Gasteiger partial charge in [0.05, 0.1) is 12.5 Å². The van der Waals surface area contributed by atoms with Crippen molar-refractivity contribution < 1.29 is 39.2 Å². The zero-order valence-electron chi connectivity index (χ0n) is 19.3. The smallest absolute Gasteiger partial charge is 0.306 e. The van der Waals surface area contributed by atoms with Crippen molar-refractivity contribution in [3.63, 3.8) is 0 Å². The molecule has 0 aromatic rings. The summed E-state index contributed by atoms with van der Waals surface area (Å²) in [6.07, 6.45) is 4.07. The SMILES string of the molecule is C[C@]12CCC(=O)C=C1CC[C@H]1[C@@H]2[C@H](O)C[C@@]2(C)[C@H]1CC[C@]2(O)C(=O)COC(=O)CCC(=O)[O-]. The maximum absolute atomic E-state index is 13.1. The number of aliphatic hydroxyl groups excluding tert-OH is 1. The summed E-state index contributed by atoms with van der Waals surface area (Å²) >= 11 is 0. The van der Waals surface area contributed by atoms with Crippen LogP contribution in [0.2, 0.25) is 0 Å². The Morgan fingerprint density at radius 3 is 2.58 bits per heavy atom. The summed E-state index contributed by atoms with van der Waals surface area (Å²) in [6, 6.07) is 0. The summed E-state index contributed by atoms with van der Waals surface area (Å²) in [6.45, 7) is 3.38. The van der Waals surface area contributed by atoms with Crippen molar-refractivity contribution in [1.29, 1.82) is 0 Å². The fourth-order valence-corrected chi connectivity index (χ4v) is 7.69. The second kappa shape index (κ2) is 8.31. The molecule has 4 rings (SSSR count). The van der Waals surface area contributed by atoms with Crippen LogP contribution in [-0.2, 0) is 23.9 Å². The van der Waals surface area contributed by atoms with E-state index >= 15 is 0 Å². The van der Waals surface area contributed by atoms with Gasteiger partial charge >= 0.3 is 5.97 Å². The molecule has 0 aromatic carbocycles. The number of esters is 1. The van der Waals surface area contributed by atoms with Gasteiger partial charge in [-0.25, -0.2) is 0 Å². The number of aliphatic hydroxyl groups is 2. The lowest BCUT2D eigenvalue weighted by Gasteiger charge is -2.60. The van der Waals surface area contributed by atoms with Crippen molar-refractivity contribution >= 4 is 23.5 Å². The normalized spacial score (nSPS) is 41.9. The van der Waals surface area contributed by atoms with Crippen LogP contribution in [0.1, 0.15) is 71.6 Å². The van der Waals surface area contributed by atoms with Gasteiger partial charge in [0.2, 0.25) is 5.78 Å². The minimum absolute atomic E-state index is 0.0245. The van der Waals surface area contributed by atoms with Crippen LogP contribution in [0, 0.1) is 28.6 Å². The van der Waals surface area contributed by atoms with E-state index in [0.29, 0.717) is 19.3 Å². The highest BCUT2D eigenvalue weighted by atomic mass is 16.5. The third kappa shape index (κ3) is 3.75. The van der Waals surface area contributed by atoms with E-state index in [2.05, 4.69) is 6.92 Å². The van der Waals surface area contributed by atoms with E-state index in [-0.39, 0.29) is 41.8 Å². The second-order valence-corrected chi connectivity index (χ2v) is 10.9. The quantitative estimate of drug-likeness (QED) is 0.555. The van der Waals surface area contributed by atoms with Gasteiger partial charge in [-0.1, -0.05) is 19.4 Å². The number of ketones is 2. The summed E-state index contributed by atoms with van der Waals surface area (Å²) in [7, 11) is 0. The molecule has 182 valence electrons. The fourth-order valence-electron chi connectivity index (χ4n) is 7.69. The van der Waals surface area contributed by atoms with Crippen LogP contribution in [0.25, 0.3) is 0 Å². The highest BCUT2D eigenvalue weighted by Crippen LogP contribution is 2.67. The lowest BCUT2D eigenvalue weighted by Crippen LogP contribution is -2.62. The number of carbonyl (C=O) groups is 4. The molecule has 0 amide bonds. The average Bonchev–Trinajstić information content (AvgIpc) is 3.02. The maximum atomic E-state index is 13.1. The Morgan fingerprint density at radius 1 is 1.15 bits per heavy atom. The number of Topliss-reactive ketones (excluding diaryl/α,β-unsaturated/α-hetero) is 1. The largest absolute Gasteiger partial charge is 0.550 e. The molecule has 4 aliphatic rings. The number of fused-ring (bicyclic) bond motifs is 5. The van der Waals surface area contributed by atoms with Crippen molar-refractivity contribution in [2.24, 2.45) is 28.6 Å². The van der Waals surface area contributed by atoms with Crippen molar-refractivity contribution in [2.75, 3.05) is 6.61 Å². The van der Waals surface area contributed by atoms with Gasteiger partial charge in [-0.05, 0) is 74.2 Å². The van der Waals surface area contributed by atoms with Crippen LogP contribution in [0.3, 0.4) is 0 Å². The first-order valence-corrected chi connectivity index (χ1v) is 12.0. The van der Waals surface area contributed by atoms with Crippen LogP contribution in [0.5, 0.6) is 0 Å². The highest BCUT2D eigenvalue weighted by Gasteiger charge is 2.68. The number of carboxylic acids is 1. The van der Waals surface area contributed by atoms with Gasteiger partial charge in [0.1, 0.15) is 5.60 Å². The number of allylic oxidation sites excluding steroid dienone is 1. The molecule has 8 heteroatoms. The third-order valence-electron chi connectivity index (χ3n) is 9.41. The van der Waals surface area contributed by atoms with Gasteiger partial charge in [0.25, 0.3) is 0 Å². The predicted molar refractivity (Wildman–Crippen MR) is 113 cm³/mol. The Balaban J connectivity index is 1.53. The van der Waals surface area contributed by atoms with Gasteiger partial charge in [0.15, 0.2) is 12.4 Å². The van der Waals surface area contributed by atoms with E-state index in [1.54, 1.807) is 6.08 Å². The molecule has 0 unspecified atom stereocenters. The first-order chi connectivity index (χ1) is 15.4. The number of hydrogen-bond donors (Lipinski definition) is 2. The molecular formula is C25H33O8-. The minimum atomic E-state index is -1.72. The molecular weight excluding hydrogens is 428 g/mol. The molecule has 0 saturated heterocycles. The molecule has 0 aliphatic heterocycles. The van der Waals surface area contributed by atoms with E-state index in [0.717, 1.165) is 18.4 Å². The Hall–Kier alpha value is -2.06. The summed E-state index contributed by atoms with van der Waals surface area (Å²) in [4.78, 5) is 47.3. The van der Waals surface area contributed by atoms with Crippen LogP contribution >= 0.6 is 0 Å². The maximum Gasteiger partial charge on any atom is 0.306 e. The molecule has 2 N–H and O–H groups in total. The zero-order valence-corrected chi connectivity index (χ0v) is 19.3. The Kier molecular flexibility index (Phi) is 6.06. The van der Waals surface area contributed by atoms with E-state index in [9.17, 15) is 34.5 Å². The van der Waals surface area contributed by atoms with E-state index < -0.39 is 54.3 Å². The van der Waals surface area contributed by atoms with E-state index in [1.165, 1.54) is 0 Å². The fraction of sp³-hybridized carbons (Fsp3) is 0.760. The van der Waals surface area contributed by atoms with Crippen LogP contribution < -0.4 is 5.11 Å². The highest BCUT2D eigenvalue weighted by molar-refractivity contribution is 5.92. The van der Waals surface area contributed by atoms with Crippen molar-refractivity contribution in [2.45, 2.75) is 83.3 Å². The standard InChI is InChI=1S/C25H34O8/c1-23-9-7-15(26)11-14(23)3-4-16-17-8-10-25(32,24(17,2)12-18(27)22(16)23)19(28)13-33-21(31)6-5-20(29)30/h11,16-18,22,27,32H,3-10,12-13H2,1-2H3,(H,29,30)/p-1/t16-,17+,18-,22-,23+,24+,25+/m1/s1. The third-order valence-corrected chi connectivity index (χ3v) is 9.41. The van der Waals surface area contributed by atoms with Crippen LogP contribution in [0.4, 0.5) is 0 Å². The van der Waals surface area contributed by atoms with Gasteiger partial charge in [0, 0.05) is 17.8 Å². The van der Waals surface area contributed by atoms with Crippen LogP contribution in [-0.4, -0.2) is 52.0 Å². The van der Waals surface area contributed by atoms with Gasteiger partial charge in [-0.2, -0.15) is 0 Å². The number of carboxylic acid groups (broad SMARTS) is 1. The summed E-state index contributed by atoms with van der Waals surface area (Å²) in [5.74, 6) is -2.53. The molecule has 8 nitrogen and oxygen atoms in total. The molecule has 7 atom stereocenters. The number of aliphatic carboxylic acids is 1. The van der Waals surface area contributed by atoms with Crippen molar-refractivity contribution in [3.05, 3.63) is 11.6 Å². The lowest BCUT2D eigenvalue weighted by molar-refractivity contribution is -0.305. The van der Waals surface area contributed by atoms with Gasteiger partial charge in [-0.15, -0.1) is 0 Å². The summed E-state index contributed by atoms with van der Waals surface area (Å²) < 4.78 is 4.95. The molecule has 4 aliphatic carbocycles. The number of carbonyl (C=O) groups excluding carboxylic acids is 4. The molecule has 0 bridgehead atoms. The second-order valence-electron chi connectivity index (χ2n) is 10.9. The Morgan fingerprint density at radius 2 is 1.88 bits per heavy atom. The van der Waals surface area contributed by atoms with Gasteiger partial charge < -0.3 is 24.9 Å². The monoisotopic (exact) mass is 461 g/mol. The number of ether oxygens (including phenoxy) is 1. The average molecular weight is 462 g/mol. The molecule has 0 heterocycles. The number of rotatable bonds is 6. The predicted octanol–water partition coefficient (Wildman–Crippen LogP) is 0.863. The topological polar surface area (TPSA) is 141 Å². The molecule has 33 heavy (non-hydrogen) atoms. The van der Waals surface area contributed by atoms with E-state index in [1.807, 2.05) is 6.92 Å². The minimum Gasteiger partial charge on any atom is -0.550 e. The summed E-state index contributed by atoms with van der Waals surface area (Å²) in [5.41, 5.74) is -1.71. The summed E-state index contributed by atoms with van der Waals surface area (Å²) in [5, 5.41) is 33.4. The first-order valence-electron chi connectivity index (χ1n) is 12.0. The van der Waals surface area contributed by atoms with Crippen molar-refractivity contribution in [3.8, 4) is 0 Å². The molecule has 0 spiro atoms. The first kappa shape index (κ1) is 24.1. The Bertz CT molecular complexity index is 908. The molecule has 3 saturated carbocycles.